The van der Waals surface area contributed by atoms with Gasteiger partial charge in [-0.2, -0.15) is 0 Å². The van der Waals surface area contributed by atoms with Crippen molar-refractivity contribution in [1.29, 1.82) is 0 Å². The van der Waals surface area contributed by atoms with Gasteiger partial charge in [0.2, 0.25) is 0 Å². The highest BCUT2D eigenvalue weighted by Gasteiger charge is 2.10. The van der Waals surface area contributed by atoms with Gasteiger partial charge in [-0.25, -0.2) is 0 Å². The van der Waals surface area contributed by atoms with Gasteiger partial charge >= 0.3 is 0 Å². The molecule has 0 aliphatic carbocycles. The van der Waals surface area contributed by atoms with E-state index in [2.05, 4.69) is 10.0 Å². The van der Waals surface area contributed by atoms with Crippen molar-refractivity contribution in [1.82, 2.24) is 0 Å². The lowest BCUT2D eigenvalue weighted by molar-refractivity contribution is -0.384. The summed E-state index contributed by atoms with van der Waals surface area (Å²) in [5.41, 5.74) is 8.59. The molecule has 0 unspecified atom stereocenters. The van der Waals surface area contributed by atoms with Gasteiger partial charge in [-0.3, -0.25) is 10.1 Å². The molecule has 0 radical (unpaired) electrons. The SMILES string of the molecule is COc1ccc([N+](=O)[O-])cc1CN=[N+]=[N-]. The molecule has 0 N–H and O–H groups in total. The summed E-state index contributed by atoms with van der Waals surface area (Å²) >= 11 is 0. The lowest BCUT2D eigenvalue weighted by Gasteiger charge is -2.04. The Kier molecular flexibility index (Phi) is 3.48. The summed E-state index contributed by atoms with van der Waals surface area (Å²) in [6.45, 7) is 0.0291. The highest BCUT2D eigenvalue weighted by atomic mass is 16.6. The normalized spacial score (nSPS) is 9.13. The van der Waals surface area contributed by atoms with E-state index in [-0.39, 0.29) is 12.2 Å². The van der Waals surface area contributed by atoms with Gasteiger partial charge in [0.15, 0.2) is 0 Å². The molecular formula is C8H8N4O3. The molecule has 15 heavy (non-hydrogen) atoms. The lowest BCUT2D eigenvalue weighted by Crippen LogP contribution is -1.94. The fourth-order valence-corrected chi connectivity index (χ4v) is 1.11. The van der Waals surface area contributed by atoms with Gasteiger partial charge in [0.1, 0.15) is 5.75 Å². The number of hydrogen-bond donors (Lipinski definition) is 0. The Labute approximate surface area is 85.1 Å². The number of hydrogen-bond acceptors (Lipinski definition) is 4. The van der Waals surface area contributed by atoms with Crippen molar-refractivity contribution >= 4 is 5.69 Å². The third-order valence-corrected chi connectivity index (χ3v) is 1.78. The van der Waals surface area contributed by atoms with Crippen LogP contribution in [0.1, 0.15) is 5.56 Å². The monoisotopic (exact) mass is 208 g/mol. The highest BCUT2D eigenvalue weighted by Crippen LogP contribution is 2.24. The van der Waals surface area contributed by atoms with Crippen LogP contribution in [0.3, 0.4) is 0 Å². The quantitative estimate of drug-likeness (QED) is 0.249. The van der Waals surface area contributed by atoms with Crippen LogP contribution in [0.2, 0.25) is 0 Å². The van der Waals surface area contributed by atoms with Crippen molar-refractivity contribution in [2.24, 2.45) is 5.11 Å². The van der Waals surface area contributed by atoms with Gasteiger partial charge in [-0.15, -0.1) is 0 Å². The van der Waals surface area contributed by atoms with Crippen LogP contribution >= 0.6 is 0 Å². The van der Waals surface area contributed by atoms with Gasteiger partial charge in [0.05, 0.1) is 18.6 Å². The second-order valence-electron chi connectivity index (χ2n) is 2.64. The molecule has 0 aliphatic rings. The van der Waals surface area contributed by atoms with Crippen LogP contribution in [0.5, 0.6) is 5.75 Å². The molecule has 0 saturated heterocycles. The summed E-state index contributed by atoms with van der Waals surface area (Å²) in [5, 5.41) is 13.8. The molecule has 1 aromatic rings. The van der Waals surface area contributed by atoms with Crippen LogP contribution in [0, 0.1) is 10.1 Å². The number of benzene rings is 1. The molecule has 1 rings (SSSR count). The van der Waals surface area contributed by atoms with Gasteiger partial charge in [0.25, 0.3) is 5.69 Å². The number of methoxy groups -OCH3 is 1. The Morgan fingerprint density at radius 1 is 1.67 bits per heavy atom. The molecule has 78 valence electrons. The number of rotatable bonds is 4. The lowest BCUT2D eigenvalue weighted by atomic mass is 10.2. The molecule has 0 amide bonds. The van der Waals surface area contributed by atoms with E-state index < -0.39 is 4.92 Å². The minimum absolute atomic E-state index is 0.0291. The molecular weight excluding hydrogens is 200 g/mol. The van der Waals surface area contributed by atoms with Gasteiger partial charge in [-0.1, -0.05) is 5.11 Å². The zero-order valence-corrected chi connectivity index (χ0v) is 7.95. The first-order chi connectivity index (χ1) is 7.19. The maximum absolute atomic E-state index is 10.5. The molecule has 0 spiro atoms. The van der Waals surface area contributed by atoms with Crippen molar-refractivity contribution in [2.75, 3.05) is 7.11 Å². The van der Waals surface area contributed by atoms with Crippen molar-refractivity contribution in [2.45, 2.75) is 6.54 Å². The van der Waals surface area contributed by atoms with E-state index in [0.717, 1.165) is 0 Å². The van der Waals surface area contributed by atoms with Crippen LogP contribution < -0.4 is 4.74 Å². The number of ether oxygens (including phenoxy) is 1. The van der Waals surface area contributed by atoms with E-state index in [9.17, 15) is 10.1 Å². The molecule has 0 aromatic heterocycles. The molecule has 0 aliphatic heterocycles. The minimum Gasteiger partial charge on any atom is -0.496 e. The van der Waals surface area contributed by atoms with E-state index >= 15 is 0 Å². The van der Waals surface area contributed by atoms with Crippen LogP contribution in [-0.2, 0) is 6.54 Å². The average Bonchev–Trinajstić information content (AvgIpc) is 2.25. The summed E-state index contributed by atoms with van der Waals surface area (Å²) in [6.07, 6.45) is 0. The van der Waals surface area contributed by atoms with Crippen molar-refractivity contribution < 1.29 is 9.66 Å². The van der Waals surface area contributed by atoms with Crippen molar-refractivity contribution in [3.63, 3.8) is 0 Å². The smallest absolute Gasteiger partial charge is 0.269 e. The second kappa shape index (κ2) is 4.83. The Morgan fingerprint density at radius 2 is 2.40 bits per heavy atom. The first-order valence-electron chi connectivity index (χ1n) is 4.01. The molecule has 0 saturated carbocycles. The fourth-order valence-electron chi connectivity index (χ4n) is 1.11. The Bertz CT molecular complexity index is 426. The zero-order valence-electron chi connectivity index (χ0n) is 7.95. The van der Waals surface area contributed by atoms with Gasteiger partial charge in [-0.05, 0) is 11.6 Å². The molecule has 7 nitrogen and oxygen atoms in total. The predicted octanol–water partition coefficient (Wildman–Crippen LogP) is 2.41. The van der Waals surface area contributed by atoms with E-state index in [4.69, 9.17) is 10.3 Å². The number of nitro groups is 1. The van der Waals surface area contributed by atoms with Gasteiger partial charge in [0, 0.05) is 22.6 Å². The van der Waals surface area contributed by atoms with E-state index in [0.29, 0.717) is 11.3 Å². The summed E-state index contributed by atoms with van der Waals surface area (Å²) in [4.78, 5) is 12.6. The van der Waals surface area contributed by atoms with Crippen LogP contribution in [-0.4, -0.2) is 12.0 Å². The third-order valence-electron chi connectivity index (χ3n) is 1.78. The molecule has 0 fully saturated rings. The number of nitro benzene ring substituents is 1. The highest BCUT2D eigenvalue weighted by molar-refractivity contribution is 5.43. The Hall–Kier alpha value is -2.27. The maximum atomic E-state index is 10.5. The van der Waals surface area contributed by atoms with Crippen LogP contribution in [0.25, 0.3) is 10.4 Å². The Balaban J connectivity index is 3.12. The van der Waals surface area contributed by atoms with Crippen LogP contribution in [0.4, 0.5) is 5.69 Å². The first kappa shape index (κ1) is 10.8. The van der Waals surface area contributed by atoms with E-state index in [1.54, 1.807) is 0 Å². The van der Waals surface area contributed by atoms with Crippen molar-refractivity contribution in [3.05, 3.63) is 44.3 Å². The molecule has 0 bridgehead atoms. The summed E-state index contributed by atoms with van der Waals surface area (Å²) in [6, 6.07) is 4.13. The summed E-state index contributed by atoms with van der Waals surface area (Å²) < 4.78 is 4.97. The average molecular weight is 208 g/mol. The maximum Gasteiger partial charge on any atom is 0.269 e. The predicted molar refractivity (Wildman–Crippen MR) is 52.5 cm³/mol. The summed E-state index contributed by atoms with van der Waals surface area (Å²) in [7, 11) is 1.45. The summed E-state index contributed by atoms with van der Waals surface area (Å²) in [5.74, 6) is 0.466. The van der Waals surface area contributed by atoms with Gasteiger partial charge < -0.3 is 4.74 Å². The largest absolute Gasteiger partial charge is 0.496 e. The number of non-ortho nitro benzene ring substituents is 1. The first-order valence-corrected chi connectivity index (χ1v) is 4.01. The van der Waals surface area contributed by atoms with Crippen LogP contribution in [0.15, 0.2) is 23.3 Å². The zero-order chi connectivity index (χ0) is 11.3. The number of azide groups is 1. The fraction of sp³-hybridized carbons (Fsp3) is 0.250. The minimum atomic E-state index is -0.515. The van der Waals surface area contributed by atoms with Crippen molar-refractivity contribution in [3.8, 4) is 5.75 Å². The topological polar surface area (TPSA) is 101 Å². The molecule has 0 heterocycles. The molecule has 0 atom stereocenters. The van der Waals surface area contributed by atoms with E-state index in [1.165, 1.54) is 25.3 Å². The molecule has 7 heteroatoms. The standard InChI is InChI=1S/C8H8N4O3/c1-15-8-3-2-7(12(13)14)4-6(8)5-10-11-9/h2-4H,5H2,1H3. The Morgan fingerprint density at radius 3 is 2.93 bits per heavy atom. The van der Waals surface area contributed by atoms with E-state index in [1.807, 2.05) is 0 Å². The molecule has 1 aromatic carbocycles. The second-order valence-corrected chi connectivity index (χ2v) is 2.64. The third kappa shape index (κ3) is 2.58. The number of nitrogens with zero attached hydrogens (tertiary/aromatic N) is 4.